The number of ether oxygens (including phenoxy) is 1. The molecule has 130 valence electrons. The van der Waals surface area contributed by atoms with Crippen LogP contribution in [0.5, 0.6) is 0 Å². The standard InChI is InChI=1S/C16H25ClN4O.HI/c1-2-7-19-16(18)20-12-15(21-8-10-22-11-9-21)13-3-5-14(17)6-4-13;/h3-6,15H,2,7-12H2,1H3,(H3,18,19,20);1H. The van der Waals surface area contributed by atoms with Gasteiger partial charge in [-0.3, -0.25) is 9.89 Å². The summed E-state index contributed by atoms with van der Waals surface area (Å²) in [6, 6.07) is 8.17. The highest BCUT2D eigenvalue weighted by Gasteiger charge is 2.22. The molecular formula is C16H26ClIN4O. The molecule has 0 saturated carbocycles. The minimum atomic E-state index is 0. The number of nitrogens with two attached hydrogens (primary N) is 1. The zero-order chi connectivity index (χ0) is 15.8. The van der Waals surface area contributed by atoms with Crippen LogP contribution >= 0.6 is 35.6 Å². The number of guanidine groups is 1. The SMILES string of the molecule is CCCNC(N)=NCC(c1ccc(Cl)cc1)N1CCOCC1.I. The number of benzene rings is 1. The van der Waals surface area contributed by atoms with Crippen LogP contribution in [0.15, 0.2) is 29.3 Å². The Kier molecular flexibility index (Phi) is 9.85. The third-order valence-electron chi connectivity index (χ3n) is 3.73. The molecule has 1 aliphatic heterocycles. The molecule has 1 fully saturated rings. The van der Waals surface area contributed by atoms with Gasteiger partial charge >= 0.3 is 0 Å². The lowest BCUT2D eigenvalue weighted by Crippen LogP contribution is -2.41. The van der Waals surface area contributed by atoms with E-state index in [4.69, 9.17) is 22.1 Å². The fourth-order valence-corrected chi connectivity index (χ4v) is 2.63. The predicted octanol–water partition coefficient (Wildman–Crippen LogP) is 2.65. The molecular weight excluding hydrogens is 427 g/mol. The van der Waals surface area contributed by atoms with Crippen molar-refractivity contribution in [3.8, 4) is 0 Å². The Morgan fingerprint density at radius 2 is 2.00 bits per heavy atom. The predicted molar refractivity (Wildman–Crippen MR) is 107 cm³/mol. The van der Waals surface area contributed by atoms with E-state index in [1.165, 1.54) is 5.56 Å². The van der Waals surface area contributed by atoms with Gasteiger partial charge in [0.25, 0.3) is 0 Å². The van der Waals surface area contributed by atoms with Crippen LogP contribution in [0.4, 0.5) is 0 Å². The molecule has 1 atom stereocenters. The van der Waals surface area contributed by atoms with E-state index in [0.717, 1.165) is 44.3 Å². The van der Waals surface area contributed by atoms with Gasteiger partial charge in [-0.1, -0.05) is 30.7 Å². The van der Waals surface area contributed by atoms with Crippen molar-refractivity contribution < 1.29 is 4.74 Å². The van der Waals surface area contributed by atoms with Crippen molar-refractivity contribution in [2.75, 3.05) is 39.4 Å². The number of rotatable bonds is 6. The Morgan fingerprint density at radius 1 is 1.35 bits per heavy atom. The molecule has 1 aromatic carbocycles. The molecule has 1 aromatic rings. The number of morpholine rings is 1. The van der Waals surface area contributed by atoms with E-state index in [9.17, 15) is 0 Å². The lowest BCUT2D eigenvalue weighted by Gasteiger charge is -2.34. The molecule has 2 rings (SSSR count). The quantitative estimate of drug-likeness (QED) is 0.396. The zero-order valence-corrected chi connectivity index (χ0v) is 16.6. The Bertz CT molecular complexity index is 477. The molecule has 3 N–H and O–H groups in total. The largest absolute Gasteiger partial charge is 0.379 e. The van der Waals surface area contributed by atoms with Crippen LogP contribution in [0, 0.1) is 0 Å². The number of halogens is 2. The minimum absolute atomic E-state index is 0. The molecule has 0 amide bonds. The number of aliphatic imine (C=N–C) groups is 1. The van der Waals surface area contributed by atoms with Crippen molar-refractivity contribution in [2.45, 2.75) is 19.4 Å². The first kappa shape index (κ1) is 20.5. The molecule has 1 saturated heterocycles. The van der Waals surface area contributed by atoms with Crippen LogP contribution in [0.1, 0.15) is 24.9 Å². The smallest absolute Gasteiger partial charge is 0.188 e. The lowest BCUT2D eigenvalue weighted by molar-refractivity contribution is 0.0180. The second-order valence-corrected chi connectivity index (χ2v) is 5.80. The van der Waals surface area contributed by atoms with Crippen molar-refractivity contribution in [2.24, 2.45) is 10.7 Å². The van der Waals surface area contributed by atoms with Gasteiger partial charge in [-0.05, 0) is 24.1 Å². The van der Waals surface area contributed by atoms with E-state index in [1.807, 2.05) is 12.1 Å². The Labute approximate surface area is 160 Å². The summed E-state index contributed by atoms with van der Waals surface area (Å²) >= 11 is 6.00. The number of nitrogens with one attached hydrogen (secondary N) is 1. The number of hydrogen-bond donors (Lipinski definition) is 2. The normalized spacial score (nSPS) is 17.4. The number of hydrogen-bond acceptors (Lipinski definition) is 3. The van der Waals surface area contributed by atoms with Gasteiger partial charge in [0.1, 0.15) is 0 Å². The number of nitrogens with zero attached hydrogens (tertiary/aromatic N) is 2. The second kappa shape index (κ2) is 11.1. The summed E-state index contributed by atoms with van der Waals surface area (Å²) in [5, 5.41) is 3.86. The fourth-order valence-electron chi connectivity index (χ4n) is 2.50. The topological polar surface area (TPSA) is 62.9 Å². The van der Waals surface area contributed by atoms with E-state index in [2.05, 4.69) is 34.3 Å². The molecule has 0 spiro atoms. The Balaban J connectivity index is 0.00000264. The van der Waals surface area contributed by atoms with E-state index in [1.54, 1.807) is 0 Å². The van der Waals surface area contributed by atoms with Crippen molar-refractivity contribution in [3.05, 3.63) is 34.9 Å². The first-order chi connectivity index (χ1) is 10.7. The van der Waals surface area contributed by atoms with Gasteiger partial charge in [0.05, 0.1) is 25.8 Å². The monoisotopic (exact) mass is 452 g/mol. The average Bonchev–Trinajstić information content (AvgIpc) is 2.55. The van der Waals surface area contributed by atoms with E-state index in [-0.39, 0.29) is 30.0 Å². The van der Waals surface area contributed by atoms with Crippen LogP contribution in [0.25, 0.3) is 0 Å². The zero-order valence-electron chi connectivity index (χ0n) is 13.5. The van der Waals surface area contributed by atoms with Crippen molar-refractivity contribution in [1.82, 2.24) is 10.2 Å². The first-order valence-corrected chi connectivity index (χ1v) is 8.19. The van der Waals surface area contributed by atoms with Crippen LogP contribution in [0.3, 0.4) is 0 Å². The van der Waals surface area contributed by atoms with E-state index in [0.29, 0.717) is 12.5 Å². The second-order valence-electron chi connectivity index (χ2n) is 5.37. The minimum Gasteiger partial charge on any atom is -0.379 e. The van der Waals surface area contributed by atoms with Gasteiger partial charge in [0.2, 0.25) is 0 Å². The molecule has 0 aliphatic carbocycles. The summed E-state index contributed by atoms with van der Waals surface area (Å²) in [7, 11) is 0. The van der Waals surface area contributed by atoms with Gasteiger partial charge in [-0.25, -0.2) is 0 Å². The maximum absolute atomic E-state index is 6.00. The van der Waals surface area contributed by atoms with Crippen molar-refractivity contribution >= 4 is 41.5 Å². The van der Waals surface area contributed by atoms with Crippen molar-refractivity contribution in [1.29, 1.82) is 0 Å². The molecule has 1 unspecified atom stereocenters. The molecule has 1 aliphatic rings. The summed E-state index contributed by atoms with van der Waals surface area (Å²) in [6.07, 6.45) is 1.03. The average molecular weight is 453 g/mol. The Hall–Kier alpha value is -0.570. The maximum atomic E-state index is 6.00. The molecule has 0 aromatic heterocycles. The molecule has 1 heterocycles. The molecule has 23 heavy (non-hydrogen) atoms. The van der Waals surface area contributed by atoms with Gasteiger partial charge in [0.15, 0.2) is 5.96 Å². The highest BCUT2D eigenvalue weighted by atomic mass is 127. The highest BCUT2D eigenvalue weighted by molar-refractivity contribution is 14.0. The van der Waals surface area contributed by atoms with Gasteiger partial charge in [-0.2, -0.15) is 0 Å². The summed E-state index contributed by atoms with van der Waals surface area (Å²) in [4.78, 5) is 6.90. The Morgan fingerprint density at radius 3 is 2.61 bits per heavy atom. The molecule has 7 heteroatoms. The lowest BCUT2D eigenvalue weighted by atomic mass is 10.0. The van der Waals surface area contributed by atoms with Crippen LogP contribution in [0.2, 0.25) is 5.02 Å². The third kappa shape index (κ3) is 6.82. The molecule has 0 bridgehead atoms. The van der Waals surface area contributed by atoms with Crippen LogP contribution in [-0.4, -0.2) is 50.3 Å². The van der Waals surface area contributed by atoms with E-state index < -0.39 is 0 Å². The summed E-state index contributed by atoms with van der Waals surface area (Å²) in [5.74, 6) is 0.508. The summed E-state index contributed by atoms with van der Waals surface area (Å²) < 4.78 is 5.45. The van der Waals surface area contributed by atoms with Gasteiger partial charge in [-0.15, -0.1) is 24.0 Å². The molecule has 5 nitrogen and oxygen atoms in total. The maximum Gasteiger partial charge on any atom is 0.188 e. The van der Waals surface area contributed by atoms with Crippen LogP contribution < -0.4 is 11.1 Å². The van der Waals surface area contributed by atoms with Gasteiger partial charge < -0.3 is 15.8 Å². The van der Waals surface area contributed by atoms with Gasteiger partial charge in [0, 0.05) is 24.7 Å². The first-order valence-electron chi connectivity index (χ1n) is 7.81. The van der Waals surface area contributed by atoms with Crippen molar-refractivity contribution in [3.63, 3.8) is 0 Å². The molecule has 0 radical (unpaired) electrons. The van der Waals surface area contributed by atoms with E-state index >= 15 is 0 Å². The highest BCUT2D eigenvalue weighted by Crippen LogP contribution is 2.23. The van der Waals surface area contributed by atoms with Crippen LogP contribution in [-0.2, 0) is 4.74 Å². The fraction of sp³-hybridized carbons (Fsp3) is 0.562. The summed E-state index contributed by atoms with van der Waals surface area (Å²) in [6.45, 7) is 6.91. The summed E-state index contributed by atoms with van der Waals surface area (Å²) in [5.41, 5.74) is 7.12. The third-order valence-corrected chi connectivity index (χ3v) is 3.98.